The Morgan fingerprint density at radius 1 is 1.22 bits per heavy atom. The van der Waals surface area contributed by atoms with Crippen LogP contribution in [0.2, 0.25) is 0 Å². The van der Waals surface area contributed by atoms with Gasteiger partial charge in [-0.3, -0.25) is 14.4 Å². The quantitative estimate of drug-likeness (QED) is 0.864. The van der Waals surface area contributed by atoms with E-state index in [4.69, 9.17) is 0 Å². The Labute approximate surface area is 155 Å². The van der Waals surface area contributed by atoms with Gasteiger partial charge in [-0.2, -0.15) is 0 Å². The number of aliphatic carboxylic acids is 1. The first-order valence-corrected chi connectivity index (χ1v) is 8.96. The molecule has 0 aromatic heterocycles. The molecule has 1 unspecified atom stereocenters. The van der Waals surface area contributed by atoms with Gasteiger partial charge < -0.3 is 14.9 Å². The first-order valence-electron chi connectivity index (χ1n) is 8.96. The number of benzene rings is 1. The van der Waals surface area contributed by atoms with Gasteiger partial charge in [-0.05, 0) is 37.0 Å². The van der Waals surface area contributed by atoms with Crippen LogP contribution < -0.4 is 0 Å². The molecule has 146 valence electrons. The molecule has 2 aliphatic heterocycles. The topological polar surface area (TPSA) is 77.9 Å². The first kappa shape index (κ1) is 19.3. The fourth-order valence-electron chi connectivity index (χ4n) is 4.23. The highest BCUT2D eigenvalue weighted by atomic mass is 19.2. The number of carboxylic acids is 1. The summed E-state index contributed by atoms with van der Waals surface area (Å²) in [5.74, 6) is -3.89. The Morgan fingerprint density at radius 3 is 2.48 bits per heavy atom. The molecule has 1 spiro atoms. The van der Waals surface area contributed by atoms with E-state index in [9.17, 15) is 28.3 Å². The minimum atomic E-state index is -0.981. The number of hydrogen-bond acceptors (Lipinski definition) is 3. The lowest BCUT2D eigenvalue weighted by molar-refractivity contribution is -0.147. The average Bonchev–Trinajstić information content (AvgIpc) is 2.88. The van der Waals surface area contributed by atoms with Gasteiger partial charge in [-0.15, -0.1) is 0 Å². The van der Waals surface area contributed by atoms with Crippen LogP contribution in [-0.2, 0) is 20.8 Å². The second-order valence-corrected chi connectivity index (χ2v) is 7.28. The number of halogens is 2. The van der Waals surface area contributed by atoms with Crippen molar-refractivity contribution >= 4 is 17.8 Å². The summed E-state index contributed by atoms with van der Waals surface area (Å²) in [6.07, 6.45) is 1.30. The summed E-state index contributed by atoms with van der Waals surface area (Å²) in [5.41, 5.74) is -0.192. The van der Waals surface area contributed by atoms with Crippen LogP contribution in [-0.4, -0.2) is 58.4 Å². The average molecular weight is 380 g/mol. The van der Waals surface area contributed by atoms with Gasteiger partial charge in [0.1, 0.15) is 0 Å². The standard InChI is InChI=1S/C19H22F2N2O4/c1-22-17(25)11-13(18(26)27)19(22)6-8-23(9-7-19)16(24)5-3-12-2-4-14(20)15(21)10-12/h2,4,10,13H,3,5-9,11H2,1H3,(H,26,27). The molecule has 1 aromatic rings. The summed E-state index contributed by atoms with van der Waals surface area (Å²) in [6, 6.07) is 3.58. The van der Waals surface area contributed by atoms with Crippen LogP contribution in [0.5, 0.6) is 0 Å². The van der Waals surface area contributed by atoms with Crippen molar-refractivity contribution in [2.75, 3.05) is 20.1 Å². The van der Waals surface area contributed by atoms with Crippen LogP contribution in [0.3, 0.4) is 0 Å². The zero-order chi connectivity index (χ0) is 19.8. The molecule has 1 atom stereocenters. The van der Waals surface area contributed by atoms with E-state index in [-0.39, 0.29) is 24.7 Å². The van der Waals surface area contributed by atoms with Crippen LogP contribution in [0.4, 0.5) is 8.78 Å². The van der Waals surface area contributed by atoms with Gasteiger partial charge in [-0.25, -0.2) is 8.78 Å². The molecule has 2 saturated heterocycles. The van der Waals surface area contributed by atoms with Gasteiger partial charge in [0, 0.05) is 33.0 Å². The summed E-state index contributed by atoms with van der Waals surface area (Å²) >= 11 is 0. The molecule has 1 aromatic carbocycles. The molecule has 8 heteroatoms. The third kappa shape index (κ3) is 3.52. The maximum absolute atomic E-state index is 13.2. The zero-order valence-electron chi connectivity index (χ0n) is 15.1. The maximum Gasteiger partial charge on any atom is 0.309 e. The highest BCUT2D eigenvalue weighted by molar-refractivity contribution is 5.88. The molecule has 6 nitrogen and oxygen atoms in total. The Morgan fingerprint density at radius 2 is 1.89 bits per heavy atom. The van der Waals surface area contributed by atoms with E-state index in [1.165, 1.54) is 11.0 Å². The van der Waals surface area contributed by atoms with Gasteiger partial charge in [0.15, 0.2) is 11.6 Å². The largest absolute Gasteiger partial charge is 0.481 e. The van der Waals surface area contributed by atoms with Crippen molar-refractivity contribution in [3.8, 4) is 0 Å². The van der Waals surface area contributed by atoms with Crippen molar-refractivity contribution in [3.63, 3.8) is 0 Å². The third-order valence-corrected chi connectivity index (χ3v) is 5.96. The molecule has 27 heavy (non-hydrogen) atoms. The lowest BCUT2D eigenvalue weighted by Crippen LogP contribution is -2.57. The van der Waals surface area contributed by atoms with Crippen LogP contribution in [0, 0.1) is 17.6 Å². The molecule has 3 rings (SSSR count). The molecule has 0 bridgehead atoms. The lowest BCUT2D eigenvalue weighted by atomic mass is 9.77. The van der Waals surface area contributed by atoms with Crippen molar-refractivity contribution < 1.29 is 28.3 Å². The Hall–Kier alpha value is -2.51. The fraction of sp³-hybridized carbons (Fsp3) is 0.526. The Kier molecular flexibility index (Phi) is 5.17. The van der Waals surface area contributed by atoms with E-state index in [0.29, 0.717) is 37.9 Å². The first-order chi connectivity index (χ1) is 12.7. The minimum Gasteiger partial charge on any atom is -0.481 e. The summed E-state index contributed by atoms with van der Waals surface area (Å²) in [4.78, 5) is 39.2. The normalized spacial score (nSPS) is 21.7. The molecule has 1 N–H and O–H groups in total. The number of carbonyl (C=O) groups excluding carboxylic acids is 2. The molecule has 0 radical (unpaired) electrons. The molecule has 2 heterocycles. The van der Waals surface area contributed by atoms with Crippen molar-refractivity contribution in [1.82, 2.24) is 9.80 Å². The van der Waals surface area contributed by atoms with E-state index in [2.05, 4.69) is 0 Å². The number of nitrogens with zero attached hydrogens (tertiary/aromatic N) is 2. The monoisotopic (exact) mass is 380 g/mol. The predicted molar refractivity (Wildman–Crippen MR) is 91.7 cm³/mol. The van der Waals surface area contributed by atoms with Crippen molar-refractivity contribution in [1.29, 1.82) is 0 Å². The molecular formula is C19H22F2N2O4. The molecule has 0 aliphatic carbocycles. The van der Waals surface area contributed by atoms with E-state index in [1.54, 1.807) is 11.9 Å². The van der Waals surface area contributed by atoms with Gasteiger partial charge in [0.05, 0.1) is 11.5 Å². The molecule has 2 aliphatic rings. The zero-order valence-corrected chi connectivity index (χ0v) is 15.1. The number of aryl methyl sites for hydroxylation is 1. The summed E-state index contributed by atoms with van der Waals surface area (Å²) in [5, 5.41) is 9.48. The van der Waals surface area contributed by atoms with E-state index in [1.807, 2.05) is 0 Å². The highest BCUT2D eigenvalue weighted by Crippen LogP contribution is 2.42. The SMILES string of the molecule is CN1C(=O)CC(C(=O)O)C12CCN(C(=O)CCc1ccc(F)c(F)c1)CC2. The second kappa shape index (κ2) is 7.25. The number of piperidine rings is 1. The van der Waals surface area contributed by atoms with Crippen LogP contribution in [0.15, 0.2) is 18.2 Å². The number of amides is 2. The van der Waals surface area contributed by atoms with Gasteiger partial charge in [-0.1, -0.05) is 6.07 Å². The van der Waals surface area contributed by atoms with E-state index < -0.39 is 29.1 Å². The van der Waals surface area contributed by atoms with E-state index >= 15 is 0 Å². The summed E-state index contributed by atoms with van der Waals surface area (Å²) < 4.78 is 26.2. The Bertz CT molecular complexity index is 775. The second-order valence-electron chi connectivity index (χ2n) is 7.28. The lowest BCUT2D eigenvalue weighted by Gasteiger charge is -2.45. The molecule has 0 saturated carbocycles. The van der Waals surface area contributed by atoms with Crippen LogP contribution in [0.25, 0.3) is 0 Å². The fourth-order valence-corrected chi connectivity index (χ4v) is 4.23. The van der Waals surface area contributed by atoms with Gasteiger partial charge >= 0.3 is 5.97 Å². The van der Waals surface area contributed by atoms with Crippen LogP contribution in [0.1, 0.15) is 31.2 Å². The van der Waals surface area contributed by atoms with Gasteiger partial charge in [0.25, 0.3) is 0 Å². The summed E-state index contributed by atoms with van der Waals surface area (Å²) in [6.45, 7) is 0.746. The third-order valence-electron chi connectivity index (χ3n) is 5.96. The number of carboxylic acid groups (broad SMARTS) is 1. The number of carbonyl (C=O) groups is 3. The maximum atomic E-state index is 13.2. The molecule has 2 fully saturated rings. The van der Waals surface area contributed by atoms with Crippen LogP contribution >= 0.6 is 0 Å². The molecule has 2 amide bonds. The van der Waals surface area contributed by atoms with Gasteiger partial charge in [0.2, 0.25) is 11.8 Å². The smallest absolute Gasteiger partial charge is 0.309 e. The van der Waals surface area contributed by atoms with E-state index in [0.717, 1.165) is 12.1 Å². The number of rotatable bonds is 4. The number of likely N-dealkylation sites (tertiary alicyclic amines) is 2. The van der Waals surface area contributed by atoms with Crippen molar-refractivity contribution in [2.24, 2.45) is 5.92 Å². The van der Waals surface area contributed by atoms with Crippen molar-refractivity contribution in [3.05, 3.63) is 35.4 Å². The number of hydrogen-bond donors (Lipinski definition) is 1. The minimum absolute atomic E-state index is 0.00406. The Balaban J connectivity index is 1.59. The highest BCUT2D eigenvalue weighted by Gasteiger charge is 2.55. The van der Waals surface area contributed by atoms with Crippen molar-refractivity contribution in [2.45, 2.75) is 37.6 Å². The summed E-state index contributed by atoms with van der Waals surface area (Å²) in [7, 11) is 1.63. The molecular weight excluding hydrogens is 358 g/mol. The predicted octanol–water partition coefficient (Wildman–Crippen LogP) is 1.82.